The normalized spacial score (nSPS) is 19.0. The van der Waals surface area contributed by atoms with E-state index in [1.54, 1.807) is 7.11 Å². The molecular formula is C17H23N5O2S. The zero-order valence-electron chi connectivity index (χ0n) is 14.9. The smallest absolute Gasteiger partial charge is 0.238 e. The predicted octanol–water partition coefficient (Wildman–Crippen LogP) is 2.22. The van der Waals surface area contributed by atoms with Crippen molar-refractivity contribution < 1.29 is 9.53 Å². The zero-order chi connectivity index (χ0) is 18.0. The van der Waals surface area contributed by atoms with Crippen LogP contribution in [0.5, 0.6) is 5.75 Å². The summed E-state index contributed by atoms with van der Waals surface area (Å²) in [7, 11) is 1.64. The number of ether oxygens (including phenoxy) is 1. The Bertz CT molecular complexity index is 742. The fourth-order valence-electron chi connectivity index (χ4n) is 2.93. The van der Waals surface area contributed by atoms with Crippen molar-refractivity contribution in [2.75, 3.05) is 25.6 Å². The maximum Gasteiger partial charge on any atom is 0.238 e. The van der Waals surface area contributed by atoms with Gasteiger partial charge in [-0.1, -0.05) is 23.9 Å². The molecule has 8 heteroatoms. The highest BCUT2D eigenvalue weighted by Gasteiger charge is 2.38. The molecular weight excluding hydrogens is 338 g/mol. The number of amides is 1. The van der Waals surface area contributed by atoms with Crippen molar-refractivity contribution in [2.24, 2.45) is 0 Å². The van der Waals surface area contributed by atoms with Crippen molar-refractivity contribution >= 4 is 17.7 Å². The molecule has 25 heavy (non-hydrogen) atoms. The number of rotatable bonds is 5. The summed E-state index contributed by atoms with van der Waals surface area (Å²) < 4.78 is 7.09. The molecule has 0 bridgehead atoms. The fourth-order valence-corrected chi connectivity index (χ4v) is 4.13. The lowest BCUT2D eigenvalue weighted by molar-refractivity contribution is -0.130. The minimum atomic E-state index is -0.301. The lowest BCUT2D eigenvalue weighted by atomic mass is 10.0. The molecule has 134 valence electrons. The second-order valence-electron chi connectivity index (χ2n) is 5.79. The van der Waals surface area contributed by atoms with Gasteiger partial charge in [0, 0.05) is 13.1 Å². The molecule has 1 aromatic heterocycles. The number of benzene rings is 1. The predicted molar refractivity (Wildman–Crippen MR) is 97.4 cm³/mol. The number of thioether (sulfide) groups is 1. The van der Waals surface area contributed by atoms with Crippen molar-refractivity contribution in [1.29, 1.82) is 0 Å². The van der Waals surface area contributed by atoms with Gasteiger partial charge < -0.3 is 15.1 Å². The summed E-state index contributed by atoms with van der Waals surface area (Å²) in [5.74, 6) is 1.67. The van der Waals surface area contributed by atoms with Crippen molar-refractivity contribution in [1.82, 2.24) is 19.8 Å². The third-order valence-electron chi connectivity index (χ3n) is 4.39. The van der Waals surface area contributed by atoms with Gasteiger partial charge in [0.05, 0.1) is 13.2 Å². The Hall–Kier alpha value is -2.22. The van der Waals surface area contributed by atoms with Crippen LogP contribution < -0.4 is 10.2 Å². The van der Waals surface area contributed by atoms with Gasteiger partial charge in [0.25, 0.3) is 0 Å². The van der Waals surface area contributed by atoms with E-state index in [4.69, 9.17) is 4.74 Å². The molecule has 0 saturated heterocycles. The van der Waals surface area contributed by atoms with Crippen LogP contribution in [-0.4, -0.2) is 51.1 Å². The van der Waals surface area contributed by atoms with Crippen LogP contribution in [0.25, 0.3) is 0 Å². The summed E-state index contributed by atoms with van der Waals surface area (Å²) in [5, 5.41) is 8.71. The Morgan fingerprint density at radius 3 is 2.56 bits per heavy atom. The first kappa shape index (κ1) is 17.6. The highest BCUT2D eigenvalue weighted by molar-refractivity contribution is 8.00. The lowest BCUT2D eigenvalue weighted by Crippen LogP contribution is -2.46. The Morgan fingerprint density at radius 2 is 1.96 bits per heavy atom. The van der Waals surface area contributed by atoms with Gasteiger partial charge in [-0.3, -0.25) is 4.79 Å². The van der Waals surface area contributed by atoms with Crippen LogP contribution >= 0.6 is 11.8 Å². The average Bonchev–Trinajstić information content (AvgIpc) is 3.02. The minimum absolute atomic E-state index is 0.107. The molecule has 1 aliphatic rings. The summed E-state index contributed by atoms with van der Waals surface area (Å²) in [5.41, 5.74) is 4.44. The molecule has 1 aliphatic heterocycles. The maximum atomic E-state index is 13.1. The Labute approximate surface area is 151 Å². The number of methoxy groups -OCH3 is 1. The van der Waals surface area contributed by atoms with Crippen molar-refractivity contribution in [3.63, 3.8) is 0 Å². The van der Waals surface area contributed by atoms with E-state index in [9.17, 15) is 4.79 Å². The van der Waals surface area contributed by atoms with Gasteiger partial charge in [0.2, 0.25) is 11.1 Å². The molecule has 2 atom stereocenters. The van der Waals surface area contributed by atoms with E-state index in [0.717, 1.165) is 17.1 Å². The van der Waals surface area contributed by atoms with Crippen LogP contribution in [0, 0.1) is 6.92 Å². The van der Waals surface area contributed by atoms with E-state index in [1.165, 1.54) is 11.8 Å². The van der Waals surface area contributed by atoms with E-state index < -0.39 is 0 Å². The van der Waals surface area contributed by atoms with Crippen molar-refractivity contribution in [3.05, 3.63) is 35.7 Å². The number of nitrogens with one attached hydrogen (secondary N) is 1. The van der Waals surface area contributed by atoms with Gasteiger partial charge >= 0.3 is 0 Å². The van der Waals surface area contributed by atoms with Crippen LogP contribution in [0.2, 0.25) is 0 Å². The highest BCUT2D eigenvalue weighted by Crippen LogP contribution is 2.38. The topological polar surface area (TPSA) is 72.3 Å². The molecule has 1 N–H and O–H groups in total. The number of aryl methyl sites for hydroxylation is 1. The third-order valence-corrected chi connectivity index (χ3v) is 5.59. The average molecular weight is 361 g/mol. The number of nitrogens with zero attached hydrogens (tertiary/aromatic N) is 4. The molecule has 0 aliphatic carbocycles. The molecule has 1 aromatic carbocycles. The SMILES string of the molecule is CCN(CC)C(=O)C1Sc2nnc(C)n2NC1c1ccc(OC)cc1. The number of aromatic nitrogens is 3. The van der Waals surface area contributed by atoms with E-state index in [2.05, 4.69) is 15.6 Å². The van der Waals surface area contributed by atoms with Crippen LogP contribution in [0.4, 0.5) is 0 Å². The number of carbonyl (C=O) groups excluding carboxylic acids is 1. The summed E-state index contributed by atoms with van der Waals surface area (Å²) in [6, 6.07) is 7.63. The molecule has 0 fully saturated rings. The monoisotopic (exact) mass is 361 g/mol. The summed E-state index contributed by atoms with van der Waals surface area (Å²) >= 11 is 1.46. The first-order chi connectivity index (χ1) is 12.1. The number of fused-ring (bicyclic) bond motifs is 1. The van der Waals surface area contributed by atoms with Gasteiger partial charge in [-0.15, -0.1) is 10.2 Å². The molecule has 0 radical (unpaired) electrons. The van der Waals surface area contributed by atoms with E-state index in [-0.39, 0.29) is 17.2 Å². The van der Waals surface area contributed by atoms with Crippen LogP contribution in [-0.2, 0) is 4.79 Å². The molecule has 0 spiro atoms. The lowest BCUT2D eigenvalue weighted by Gasteiger charge is -2.35. The first-order valence-corrected chi connectivity index (χ1v) is 9.25. The molecule has 3 rings (SSSR count). The number of hydrogen-bond acceptors (Lipinski definition) is 6. The summed E-state index contributed by atoms with van der Waals surface area (Å²) in [4.78, 5) is 14.9. The summed E-state index contributed by atoms with van der Waals surface area (Å²) in [6.07, 6.45) is 0. The molecule has 0 saturated carbocycles. The van der Waals surface area contributed by atoms with Gasteiger partial charge in [0.1, 0.15) is 16.8 Å². The minimum Gasteiger partial charge on any atom is -0.497 e. The van der Waals surface area contributed by atoms with Crippen molar-refractivity contribution in [3.8, 4) is 5.75 Å². The highest BCUT2D eigenvalue weighted by atomic mass is 32.2. The molecule has 2 heterocycles. The Morgan fingerprint density at radius 1 is 1.28 bits per heavy atom. The fraction of sp³-hybridized carbons (Fsp3) is 0.471. The van der Waals surface area contributed by atoms with Gasteiger partial charge in [-0.25, -0.2) is 4.68 Å². The van der Waals surface area contributed by atoms with Gasteiger partial charge in [-0.2, -0.15) is 0 Å². The van der Waals surface area contributed by atoms with Crippen LogP contribution in [0.3, 0.4) is 0 Å². The molecule has 2 unspecified atom stereocenters. The second-order valence-corrected chi connectivity index (χ2v) is 6.90. The molecule has 7 nitrogen and oxygen atoms in total. The standard InChI is InChI=1S/C17H23N5O2S/c1-5-21(6-2)16(23)15-14(12-7-9-13(24-4)10-8-12)20-22-11(3)18-19-17(22)25-15/h7-10,14-15,20H,5-6H2,1-4H3. The Kier molecular flexibility index (Phi) is 5.17. The van der Waals surface area contributed by atoms with E-state index in [1.807, 2.05) is 54.6 Å². The second kappa shape index (κ2) is 7.35. The van der Waals surface area contributed by atoms with Crippen molar-refractivity contribution in [2.45, 2.75) is 37.2 Å². The third kappa shape index (κ3) is 3.30. The largest absolute Gasteiger partial charge is 0.497 e. The van der Waals surface area contributed by atoms with Gasteiger partial charge in [-0.05, 0) is 38.5 Å². The van der Waals surface area contributed by atoms with Gasteiger partial charge in [0.15, 0.2) is 0 Å². The Balaban J connectivity index is 1.97. The van der Waals surface area contributed by atoms with Crippen LogP contribution in [0.1, 0.15) is 31.3 Å². The molecule has 1 amide bonds. The van der Waals surface area contributed by atoms with E-state index >= 15 is 0 Å². The number of carbonyl (C=O) groups is 1. The molecule has 2 aromatic rings. The first-order valence-electron chi connectivity index (χ1n) is 8.37. The van der Waals surface area contributed by atoms with Crippen LogP contribution in [0.15, 0.2) is 29.4 Å². The quantitative estimate of drug-likeness (QED) is 0.880. The maximum absolute atomic E-state index is 13.1. The van der Waals surface area contributed by atoms with E-state index in [0.29, 0.717) is 18.2 Å². The summed E-state index contributed by atoms with van der Waals surface area (Å²) in [6.45, 7) is 7.26. The zero-order valence-corrected chi connectivity index (χ0v) is 15.7. The number of hydrogen-bond donors (Lipinski definition) is 1.